The van der Waals surface area contributed by atoms with E-state index in [4.69, 9.17) is 0 Å². The van der Waals surface area contributed by atoms with E-state index in [0.29, 0.717) is 10.3 Å². The number of fused-ring (bicyclic) bond motifs is 1. The molecule has 4 rings (SSSR count). The highest BCUT2D eigenvalue weighted by atomic mass is 32.2. The van der Waals surface area contributed by atoms with E-state index in [0.717, 1.165) is 22.2 Å². The molecule has 7 heteroatoms. The molecule has 1 heterocycles. The minimum absolute atomic E-state index is 0.223. The molecule has 1 aromatic heterocycles. The summed E-state index contributed by atoms with van der Waals surface area (Å²) in [6, 6.07) is 20.4. The van der Waals surface area contributed by atoms with Crippen LogP contribution in [-0.2, 0) is 16.6 Å². The summed E-state index contributed by atoms with van der Waals surface area (Å²) in [6.45, 7) is 0.223. The van der Waals surface area contributed by atoms with E-state index in [1.54, 1.807) is 12.1 Å². The monoisotopic (exact) mass is 381 g/mol. The smallest absolute Gasteiger partial charge is 0.207 e. The van der Waals surface area contributed by atoms with E-state index in [9.17, 15) is 8.42 Å². The van der Waals surface area contributed by atoms with Crippen LogP contribution in [0.4, 0.5) is 0 Å². The normalized spacial score (nSPS) is 11.7. The average molecular weight is 381 g/mol. The first-order chi connectivity index (χ1) is 12.6. The van der Waals surface area contributed by atoms with Crippen molar-refractivity contribution in [3.63, 3.8) is 0 Å². The zero-order valence-corrected chi connectivity index (χ0v) is 15.3. The van der Waals surface area contributed by atoms with Crippen molar-refractivity contribution in [3.05, 3.63) is 77.7 Å². The minimum atomic E-state index is -3.61. The van der Waals surface area contributed by atoms with E-state index in [2.05, 4.69) is 14.3 Å². The van der Waals surface area contributed by atoms with Gasteiger partial charge in [0.2, 0.25) is 10.0 Å². The van der Waals surface area contributed by atoms with E-state index in [1.165, 1.54) is 11.5 Å². The number of hydrogen-bond acceptors (Lipinski definition) is 5. The molecule has 0 spiro atoms. The number of hydrogen-bond donors (Lipinski definition) is 1. The summed E-state index contributed by atoms with van der Waals surface area (Å²) in [6.07, 6.45) is 0. The SMILES string of the molecule is O=S(=O)(NCc1ccc(-c2csnn2)cc1)c1cccc2ccccc12. The number of rotatable bonds is 5. The molecule has 0 aliphatic heterocycles. The van der Waals surface area contributed by atoms with Gasteiger partial charge in [0, 0.05) is 22.9 Å². The molecule has 0 fully saturated rings. The van der Waals surface area contributed by atoms with Crippen LogP contribution in [0.3, 0.4) is 0 Å². The minimum Gasteiger partial charge on any atom is -0.207 e. The maximum atomic E-state index is 12.7. The highest BCUT2D eigenvalue weighted by Gasteiger charge is 2.16. The van der Waals surface area contributed by atoms with Crippen molar-refractivity contribution in [2.24, 2.45) is 0 Å². The van der Waals surface area contributed by atoms with Crippen LogP contribution in [0.25, 0.3) is 22.0 Å². The Morgan fingerprint density at radius 3 is 2.46 bits per heavy atom. The zero-order valence-electron chi connectivity index (χ0n) is 13.7. The van der Waals surface area contributed by atoms with Crippen LogP contribution >= 0.6 is 11.5 Å². The molecule has 0 amide bonds. The van der Waals surface area contributed by atoms with E-state index < -0.39 is 10.0 Å². The lowest BCUT2D eigenvalue weighted by Crippen LogP contribution is -2.23. The van der Waals surface area contributed by atoms with Gasteiger partial charge in [0.25, 0.3) is 0 Å². The Morgan fingerprint density at radius 1 is 0.923 bits per heavy atom. The Balaban J connectivity index is 1.55. The summed E-state index contributed by atoms with van der Waals surface area (Å²) in [5, 5.41) is 7.52. The molecule has 26 heavy (non-hydrogen) atoms. The second-order valence-corrected chi connectivity index (χ2v) is 8.13. The topological polar surface area (TPSA) is 72.0 Å². The van der Waals surface area contributed by atoms with Gasteiger partial charge in [-0.15, -0.1) is 5.10 Å². The van der Waals surface area contributed by atoms with Gasteiger partial charge in [-0.1, -0.05) is 65.2 Å². The Labute approximate surface area is 155 Å². The first kappa shape index (κ1) is 16.8. The lowest BCUT2D eigenvalue weighted by molar-refractivity contribution is 0.582. The van der Waals surface area contributed by atoms with Gasteiger partial charge < -0.3 is 0 Å². The molecule has 1 N–H and O–H groups in total. The second-order valence-electron chi connectivity index (χ2n) is 5.79. The fourth-order valence-electron chi connectivity index (χ4n) is 2.77. The molecular weight excluding hydrogens is 366 g/mol. The third-order valence-corrected chi connectivity index (χ3v) is 6.08. The largest absolute Gasteiger partial charge is 0.241 e. The molecule has 3 aromatic carbocycles. The summed E-state index contributed by atoms with van der Waals surface area (Å²) in [5.41, 5.74) is 2.65. The fraction of sp³-hybridized carbons (Fsp3) is 0.0526. The van der Waals surface area contributed by atoms with Gasteiger partial charge in [0.05, 0.1) is 4.90 Å². The van der Waals surface area contributed by atoms with Crippen LogP contribution < -0.4 is 4.72 Å². The maximum absolute atomic E-state index is 12.7. The Bertz CT molecular complexity index is 1130. The van der Waals surface area contributed by atoms with Gasteiger partial charge in [-0.2, -0.15) is 0 Å². The van der Waals surface area contributed by atoms with Crippen molar-refractivity contribution >= 4 is 32.3 Å². The predicted octanol–water partition coefficient (Wildman–Crippen LogP) is 3.84. The second kappa shape index (κ2) is 6.95. The maximum Gasteiger partial charge on any atom is 0.241 e. The van der Waals surface area contributed by atoms with Crippen molar-refractivity contribution < 1.29 is 8.42 Å². The number of nitrogens with one attached hydrogen (secondary N) is 1. The highest BCUT2D eigenvalue weighted by molar-refractivity contribution is 7.89. The average Bonchev–Trinajstić information content (AvgIpc) is 3.21. The highest BCUT2D eigenvalue weighted by Crippen LogP contribution is 2.23. The van der Waals surface area contributed by atoms with Crippen molar-refractivity contribution in [3.8, 4) is 11.3 Å². The van der Waals surface area contributed by atoms with E-state index in [1.807, 2.05) is 60.0 Å². The van der Waals surface area contributed by atoms with Crippen LogP contribution in [0, 0.1) is 0 Å². The molecule has 0 bridgehead atoms. The molecular formula is C19H15N3O2S2. The molecule has 4 aromatic rings. The Kier molecular flexibility index (Phi) is 4.50. The molecule has 0 aliphatic rings. The quantitative estimate of drug-likeness (QED) is 0.570. The molecule has 0 unspecified atom stereocenters. The fourth-order valence-corrected chi connectivity index (χ4v) is 4.48. The number of sulfonamides is 1. The summed E-state index contributed by atoms with van der Waals surface area (Å²) in [4.78, 5) is 0.292. The van der Waals surface area contributed by atoms with Crippen molar-refractivity contribution in [1.82, 2.24) is 14.3 Å². The summed E-state index contributed by atoms with van der Waals surface area (Å²) in [7, 11) is -3.61. The zero-order chi connectivity index (χ0) is 18.0. The van der Waals surface area contributed by atoms with Crippen molar-refractivity contribution in [2.75, 3.05) is 0 Å². The standard InChI is InChI=1S/C19H15N3O2S2/c23-26(24,19-7-3-5-15-4-1-2-6-17(15)19)20-12-14-8-10-16(11-9-14)18-13-25-22-21-18/h1-11,13,20H,12H2. The van der Waals surface area contributed by atoms with Crippen molar-refractivity contribution in [2.45, 2.75) is 11.4 Å². The van der Waals surface area contributed by atoms with E-state index >= 15 is 0 Å². The third kappa shape index (κ3) is 3.37. The first-order valence-corrected chi connectivity index (χ1v) is 10.3. The molecule has 0 atom stereocenters. The summed E-state index contributed by atoms with van der Waals surface area (Å²) < 4.78 is 32.0. The van der Waals surface area contributed by atoms with Crippen LogP contribution in [-0.4, -0.2) is 18.0 Å². The van der Waals surface area contributed by atoms with Gasteiger partial charge >= 0.3 is 0 Å². The molecule has 0 radical (unpaired) electrons. The van der Waals surface area contributed by atoms with Crippen LogP contribution in [0.5, 0.6) is 0 Å². The lowest BCUT2D eigenvalue weighted by Gasteiger charge is -2.10. The molecule has 0 saturated carbocycles. The van der Waals surface area contributed by atoms with Crippen LogP contribution in [0.1, 0.15) is 5.56 Å². The molecule has 0 aliphatic carbocycles. The number of benzene rings is 3. The van der Waals surface area contributed by atoms with Gasteiger partial charge in [-0.25, -0.2) is 13.1 Å². The number of aromatic nitrogens is 2. The first-order valence-electron chi connectivity index (χ1n) is 7.97. The molecule has 5 nitrogen and oxygen atoms in total. The van der Waals surface area contributed by atoms with Gasteiger partial charge in [-0.3, -0.25) is 0 Å². The predicted molar refractivity (Wildman–Crippen MR) is 103 cm³/mol. The van der Waals surface area contributed by atoms with Gasteiger partial charge in [0.15, 0.2) is 0 Å². The summed E-state index contributed by atoms with van der Waals surface area (Å²) >= 11 is 1.30. The van der Waals surface area contributed by atoms with E-state index in [-0.39, 0.29) is 6.54 Å². The van der Waals surface area contributed by atoms with Crippen LogP contribution in [0.2, 0.25) is 0 Å². The van der Waals surface area contributed by atoms with Gasteiger partial charge in [-0.05, 0) is 28.5 Å². The Hall–Kier alpha value is -2.61. The summed E-state index contributed by atoms with van der Waals surface area (Å²) in [5.74, 6) is 0. The van der Waals surface area contributed by atoms with Crippen molar-refractivity contribution in [1.29, 1.82) is 0 Å². The third-order valence-electron chi connectivity index (χ3n) is 4.12. The van der Waals surface area contributed by atoms with Gasteiger partial charge in [0.1, 0.15) is 5.69 Å². The Morgan fingerprint density at radius 2 is 1.69 bits per heavy atom. The number of nitrogens with zero attached hydrogens (tertiary/aromatic N) is 2. The lowest BCUT2D eigenvalue weighted by atomic mass is 10.1. The van der Waals surface area contributed by atoms with Crippen LogP contribution in [0.15, 0.2) is 77.0 Å². The molecule has 0 saturated heterocycles. The molecule has 130 valence electrons.